The summed E-state index contributed by atoms with van der Waals surface area (Å²) in [7, 11) is 0. The number of carbonyl (C=O) groups is 1. The standard InChI is InChI=1S/C17H11Cl2NO2/c1-9-4-2-3-5-11(9)15-8-13(17(21)22)12-6-10(18)7-14(19)16(12)20-15/h2-8H,1H3,(H,21,22). The van der Waals surface area contributed by atoms with Crippen LogP contribution in [-0.4, -0.2) is 16.1 Å². The van der Waals surface area contributed by atoms with Crippen molar-refractivity contribution in [3.05, 3.63) is 63.6 Å². The molecule has 1 N–H and O–H groups in total. The SMILES string of the molecule is Cc1ccccc1-c1cc(C(=O)O)c2cc(Cl)cc(Cl)c2n1. The van der Waals surface area contributed by atoms with E-state index >= 15 is 0 Å². The van der Waals surface area contributed by atoms with Gasteiger partial charge in [-0.25, -0.2) is 9.78 Å². The number of rotatable bonds is 2. The molecule has 5 heteroatoms. The summed E-state index contributed by atoms with van der Waals surface area (Å²) in [4.78, 5) is 16.1. The molecule has 0 radical (unpaired) electrons. The number of aryl methyl sites for hydroxylation is 1. The van der Waals surface area contributed by atoms with Gasteiger partial charge < -0.3 is 5.11 Å². The molecule has 3 aromatic rings. The van der Waals surface area contributed by atoms with Crippen molar-refractivity contribution in [2.45, 2.75) is 6.92 Å². The van der Waals surface area contributed by atoms with Crippen molar-refractivity contribution in [1.82, 2.24) is 4.98 Å². The predicted molar refractivity (Wildman–Crippen MR) is 88.9 cm³/mol. The number of pyridine rings is 1. The summed E-state index contributed by atoms with van der Waals surface area (Å²) >= 11 is 12.2. The van der Waals surface area contributed by atoms with Crippen LogP contribution in [0.1, 0.15) is 15.9 Å². The van der Waals surface area contributed by atoms with Crippen molar-refractivity contribution in [2.24, 2.45) is 0 Å². The highest BCUT2D eigenvalue weighted by Gasteiger charge is 2.16. The van der Waals surface area contributed by atoms with Gasteiger partial charge in [0, 0.05) is 16.0 Å². The van der Waals surface area contributed by atoms with Crippen LogP contribution in [0.3, 0.4) is 0 Å². The molecule has 0 saturated heterocycles. The molecule has 0 amide bonds. The molecule has 3 nitrogen and oxygen atoms in total. The average molecular weight is 332 g/mol. The highest BCUT2D eigenvalue weighted by Crippen LogP contribution is 2.32. The van der Waals surface area contributed by atoms with Gasteiger partial charge in [0.25, 0.3) is 0 Å². The lowest BCUT2D eigenvalue weighted by molar-refractivity contribution is 0.0699. The fourth-order valence-corrected chi connectivity index (χ4v) is 2.96. The van der Waals surface area contributed by atoms with Crippen LogP contribution in [-0.2, 0) is 0 Å². The van der Waals surface area contributed by atoms with Gasteiger partial charge >= 0.3 is 5.97 Å². The van der Waals surface area contributed by atoms with E-state index in [4.69, 9.17) is 23.2 Å². The molecule has 1 aromatic heterocycles. The first-order valence-corrected chi connectivity index (χ1v) is 7.32. The Balaban J connectivity index is 2.40. The number of hydrogen-bond acceptors (Lipinski definition) is 2. The van der Waals surface area contributed by atoms with E-state index in [1.54, 1.807) is 18.2 Å². The first kappa shape index (κ1) is 14.8. The summed E-state index contributed by atoms with van der Waals surface area (Å²) in [5.74, 6) is -1.04. The first-order valence-electron chi connectivity index (χ1n) is 6.56. The molecule has 0 atom stereocenters. The van der Waals surface area contributed by atoms with Crippen LogP contribution in [0.2, 0.25) is 10.0 Å². The maximum atomic E-state index is 11.6. The van der Waals surface area contributed by atoms with Gasteiger partial charge in [0.15, 0.2) is 0 Å². The third-order valence-corrected chi connectivity index (χ3v) is 3.99. The van der Waals surface area contributed by atoms with Crippen molar-refractivity contribution in [3.63, 3.8) is 0 Å². The lowest BCUT2D eigenvalue weighted by Crippen LogP contribution is -2.01. The molecule has 0 aliphatic carbocycles. The van der Waals surface area contributed by atoms with Gasteiger partial charge in [0.05, 0.1) is 21.8 Å². The Labute approximate surface area is 137 Å². The van der Waals surface area contributed by atoms with E-state index in [-0.39, 0.29) is 5.56 Å². The first-order chi connectivity index (χ1) is 10.5. The maximum absolute atomic E-state index is 11.6. The summed E-state index contributed by atoms with van der Waals surface area (Å²) in [6.07, 6.45) is 0. The monoisotopic (exact) mass is 331 g/mol. The largest absolute Gasteiger partial charge is 0.478 e. The predicted octanol–water partition coefficient (Wildman–Crippen LogP) is 5.22. The number of carboxylic acid groups (broad SMARTS) is 1. The summed E-state index contributed by atoms with van der Waals surface area (Å²) < 4.78 is 0. The van der Waals surface area contributed by atoms with E-state index < -0.39 is 5.97 Å². The van der Waals surface area contributed by atoms with E-state index in [1.165, 1.54) is 0 Å². The summed E-state index contributed by atoms with van der Waals surface area (Å²) in [6.45, 7) is 1.95. The molecule has 0 unspecified atom stereocenters. The highest BCUT2D eigenvalue weighted by atomic mass is 35.5. The fraction of sp³-hybridized carbons (Fsp3) is 0.0588. The second-order valence-electron chi connectivity index (χ2n) is 4.96. The minimum Gasteiger partial charge on any atom is -0.478 e. The average Bonchev–Trinajstić information content (AvgIpc) is 2.46. The maximum Gasteiger partial charge on any atom is 0.336 e. The third-order valence-electron chi connectivity index (χ3n) is 3.48. The van der Waals surface area contributed by atoms with Crippen molar-refractivity contribution >= 4 is 40.1 Å². The lowest BCUT2D eigenvalue weighted by Gasteiger charge is -2.10. The van der Waals surface area contributed by atoms with Crippen LogP contribution in [0.4, 0.5) is 0 Å². The van der Waals surface area contributed by atoms with Crippen LogP contribution >= 0.6 is 23.2 Å². The Kier molecular flexibility index (Phi) is 3.77. The van der Waals surface area contributed by atoms with Crippen molar-refractivity contribution in [3.8, 4) is 11.3 Å². The topological polar surface area (TPSA) is 50.2 Å². The van der Waals surface area contributed by atoms with Gasteiger partial charge in [-0.2, -0.15) is 0 Å². The van der Waals surface area contributed by atoms with Crippen LogP contribution in [0.15, 0.2) is 42.5 Å². The molecule has 2 aromatic carbocycles. The molecular formula is C17H11Cl2NO2. The molecule has 22 heavy (non-hydrogen) atoms. The Hall–Kier alpha value is -2.10. The second-order valence-corrected chi connectivity index (χ2v) is 5.80. The van der Waals surface area contributed by atoms with E-state index in [2.05, 4.69) is 4.98 Å². The van der Waals surface area contributed by atoms with Gasteiger partial charge in [0.2, 0.25) is 0 Å². The van der Waals surface area contributed by atoms with Crippen LogP contribution in [0.25, 0.3) is 22.2 Å². The molecule has 0 fully saturated rings. The van der Waals surface area contributed by atoms with Crippen LogP contribution in [0.5, 0.6) is 0 Å². The molecular weight excluding hydrogens is 321 g/mol. The molecule has 1 heterocycles. The minimum absolute atomic E-state index is 0.132. The molecule has 0 spiro atoms. The van der Waals surface area contributed by atoms with Crippen molar-refractivity contribution < 1.29 is 9.90 Å². The van der Waals surface area contributed by atoms with Gasteiger partial charge in [-0.1, -0.05) is 47.5 Å². The lowest BCUT2D eigenvalue weighted by atomic mass is 10.0. The second kappa shape index (κ2) is 5.59. The van der Waals surface area contributed by atoms with Gasteiger partial charge in [0.1, 0.15) is 0 Å². The Morgan fingerprint density at radius 2 is 1.86 bits per heavy atom. The fourth-order valence-electron chi connectivity index (χ4n) is 2.43. The number of hydrogen-bond donors (Lipinski definition) is 1. The van der Waals surface area contributed by atoms with Gasteiger partial charge in [-0.15, -0.1) is 0 Å². The number of halogens is 2. The molecule has 0 aliphatic heterocycles. The number of fused-ring (bicyclic) bond motifs is 1. The zero-order valence-corrected chi connectivity index (χ0v) is 13.1. The smallest absolute Gasteiger partial charge is 0.336 e. The summed E-state index contributed by atoms with van der Waals surface area (Å²) in [5, 5.41) is 10.6. The normalized spacial score (nSPS) is 10.9. The van der Waals surface area contributed by atoms with Crippen molar-refractivity contribution in [2.75, 3.05) is 0 Å². The van der Waals surface area contributed by atoms with Gasteiger partial charge in [-0.05, 0) is 30.7 Å². The Bertz CT molecular complexity index is 907. The van der Waals surface area contributed by atoms with E-state index in [0.717, 1.165) is 11.1 Å². The van der Waals surface area contributed by atoms with E-state index in [1.807, 2.05) is 31.2 Å². The number of benzene rings is 2. The van der Waals surface area contributed by atoms with Gasteiger partial charge in [-0.3, -0.25) is 0 Å². The zero-order chi connectivity index (χ0) is 15.9. The summed E-state index contributed by atoms with van der Waals surface area (Å²) in [5.41, 5.74) is 3.03. The highest BCUT2D eigenvalue weighted by molar-refractivity contribution is 6.38. The summed E-state index contributed by atoms with van der Waals surface area (Å²) in [6, 6.07) is 12.3. The molecule has 0 aliphatic rings. The number of carboxylic acids is 1. The Morgan fingerprint density at radius 3 is 2.55 bits per heavy atom. The number of aromatic carboxylic acids is 1. The molecule has 3 rings (SSSR count). The Morgan fingerprint density at radius 1 is 1.14 bits per heavy atom. The zero-order valence-electron chi connectivity index (χ0n) is 11.6. The van der Waals surface area contributed by atoms with E-state index in [0.29, 0.717) is 26.6 Å². The van der Waals surface area contributed by atoms with E-state index in [9.17, 15) is 9.90 Å². The molecule has 110 valence electrons. The van der Waals surface area contributed by atoms with Crippen LogP contribution < -0.4 is 0 Å². The quantitative estimate of drug-likeness (QED) is 0.700. The molecule has 0 bridgehead atoms. The number of nitrogens with zero attached hydrogens (tertiary/aromatic N) is 1. The minimum atomic E-state index is -1.04. The van der Waals surface area contributed by atoms with Crippen molar-refractivity contribution in [1.29, 1.82) is 0 Å². The number of aromatic nitrogens is 1. The molecule has 0 saturated carbocycles. The van der Waals surface area contributed by atoms with Crippen LogP contribution in [0, 0.1) is 6.92 Å². The third kappa shape index (κ3) is 2.54.